The molecule has 1 aliphatic heterocycles. The van der Waals surface area contributed by atoms with Gasteiger partial charge in [-0.3, -0.25) is 9.79 Å². The van der Waals surface area contributed by atoms with Crippen LogP contribution in [-0.2, 0) is 14.3 Å². The second kappa shape index (κ2) is 13.6. The minimum atomic E-state index is -1.63. The summed E-state index contributed by atoms with van der Waals surface area (Å²) in [6, 6.07) is 1.69. The molecule has 7 nitrogen and oxygen atoms in total. The maximum atomic E-state index is 13.5. The molecule has 0 saturated carbocycles. The molecule has 0 radical (unpaired) electrons. The Morgan fingerprint density at radius 2 is 2.07 bits per heavy atom. The highest BCUT2D eigenvalue weighted by Crippen LogP contribution is 2.19. The Kier molecular flexibility index (Phi) is 11.9. The van der Waals surface area contributed by atoms with E-state index in [1.165, 1.54) is 7.05 Å². The molecule has 1 aromatic carbocycles. The van der Waals surface area contributed by atoms with E-state index >= 15 is 0 Å². The van der Waals surface area contributed by atoms with Gasteiger partial charge in [-0.2, -0.15) is 0 Å². The van der Waals surface area contributed by atoms with Gasteiger partial charge in [-0.05, 0) is 31.4 Å². The second-order valence-electron chi connectivity index (χ2n) is 6.19. The van der Waals surface area contributed by atoms with Crippen molar-refractivity contribution in [2.45, 2.75) is 25.4 Å². The van der Waals surface area contributed by atoms with Crippen molar-refractivity contribution in [3.05, 3.63) is 29.6 Å². The summed E-state index contributed by atoms with van der Waals surface area (Å²) in [4.78, 5) is 15.8. The van der Waals surface area contributed by atoms with Crippen molar-refractivity contribution in [3.8, 4) is 0 Å². The van der Waals surface area contributed by atoms with Gasteiger partial charge in [0.2, 0.25) is 5.91 Å². The number of amides is 1. The largest absolute Gasteiger partial charge is 0.379 e. The van der Waals surface area contributed by atoms with E-state index in [2.05, 4.69) is 20.9 Å². The minimum Gasteiger partial charge on any atom is -0.379 e. The molecule has 1 heterocycles. The summed E-state index contributed by atoms with van der Waals surface area (Å²) in [7, 11) is 1.54. The van der Waals surface area contributed by atoms with Gasteiger partial charge in [0.15, 0.2) is 23.4 Å². The van der Waals surface area contributed by atoms with Crippen LogP contribution in [0, 0.1) is 17.5 Å². The number of nitrogens with one attached hydrogen (secondary N) is 3. The predicted octanol–water partition coefficient (Wildman–Crippen LogP) is 2.41. The molecule has 1 unspecified atom stereocenters. The van der Waals surface area contributed by atoms with Crippen molar-refractivity contribution in [1.82, 2.24) is 10.6 Å². The molecule has 11 heteroatoms. The molecule has 0 spiro atoms. The van der Waals surface area contributed by atoms with E-state index in [0.717, 1.165) is 38.0 Å². The minimum absolute atomic E-state index is 0. The van der Waals surface area contributed by atoms with Crippen LogP contribution < -0.4 is 16.0 Å². The number of guanidine groups is 1. The van der Waals surface area contributed by atoms with E-state index < -0.39 is 29.0 Å². The third-order valence-corrected chi connectivity index (χ3v) is 4.03. The highest BCUT2D eigenvalue weighted by molar-refractivity contribution is 14.0. The van der Waals surface area contributed by atoms with Gasteiger partial charge in [-0.15, -0.1) is 24.0 Å². The normalized spacial score (nSPS) is 16.3. The van der Waals surface area contributed by atoms with Crippen LogP contribution in [0.2, 0.25) is 0 Å². The van der Waals surface area contributed by atoms with Crippen molar-refractivity contribution in [1.29, 1.82) is 0 Å². The quantitative estimate of drug-likeness (QED) is 0.150. The van der Waals surface area contributed by atoms with Crippen molar-refractivity contribution in [2.75, 3.05) is 45.3 Å². The molecule has 1 saturated heterocycles. The van der Waals surface area contributed by atoms with E-state index in [4.69, 9.17) is 9.47 Å². The van der Waals surface area contributed by atoms with Crippen molar-refractivity contribution in [3.63, 3.8) is 0 Å². The number of carbonyl (C=O) groups excluding carboxylic acids is 1. The molecule has 0 aromatic heterocycles. The average Bonchev–Trinajstić information content (AvgIpc) is 3.21. The zero-order valence-corrected chi connectivity index (χ0v) is 18.4. The Labute approximate surface area is 184 Å². The summed E-state index contributed by atoms with van der Waals surface area (Å²) in [5, 5.41) is 7.93. The Hall–Kier alpha value is -1.60. The maximum absolute atomic E-state index is 13.5. The SMILES string of the molecule is CN=C(NCCCOCC1CCCO1)NCC(=O)Nc1ccc(F)c(F)c1F.I. The van der Waals surface area contributed by atoms with Crippen LogP contribution in [0.5, 0.6) is 0 Å². The van der Waals surface area contributed by atoms with Gasteiger partial charge in [0, 0.05) is 26.8 Å². The number of nitrogens with zero attached hydrogens (tertiary/aromatic N) is 1. The molecule has 29 heavy (non-hydrogen) atoms. The Bertz CT molecular complexity index is 689. The van der Waals surface area contributed by atoms with Crippen LogP contribution in [0.15, 0.2) is 17.1 Å². The van der Waals surface area contributed by atoms with Gasteiger partial charge in [-0.25, -0.2) is 13.2 Å². The summed E-state index contributed by atoms with van der Waals surface area (Å²) in [6.07, 6.45) is 3.04. The molecule has 1 atom stereocenters. The Balaban J connectivity index is 0.00000420. The average molecular weight is 530 g/mol. The lowest BCUT2D eigenvalue weighted by molar-refractivity contribution is -0.115. The number of ether oxygens (including phenoxy) is 2. The summed E-state index contributed by atoms with van der Waals surface area (Å²) >= 11 is 0. The molecule has 0 bridgehead atoms. The number of halogens is 4. The van der Waals surface area contributed by atoms with Crippen LogP contribution in [0.1, 0.15) is 19.3 Å². The van der Waals surface area contributed by atoms with Crippen molar-refractivity contribution < 1.29 is 27.4 Å². The highest BCUT2D eigenvalue weighted by atomic mass is 127. The fourth-order valence-corrected chi connectivity index (χ4v) is 2.57. The number of aliphatic imine (C=N–C) groups is 1. The van der Waals surface area contributed by atoms with Crippen molar-refractivity contribution in [2.24, 2.45) is 4.99 Å². The molecule has 164 valence electrons. The zero-order chi connectivity index (χ0) is 20.4. The fourth-order valence-electron chi connectivity index (χ4n) is 2.57. The Morgan fingerprint density at radius 1 is 1.28 bits per heavy atom. The van der Waals surface area contributed by atoms with Crippen LogP contribution in [0.4, 0.5) is 18.9 Å². The lowest BCUT2D eigenvalue weighted by Crippen LogP contribution is -2.42. The number of rotatable bonds is 9. The number of hydrogen-bond donors (Lipinski definition) is 3. The molecule has 0 aliphatic carbocycles. The van der Waals surface area contributed by atoms with E-state index in [-0.39, 0.29) is 36.6 Å². The van der Waals surface area contributed by atoms with E-state index in [9.17, 15) is 18.0 Å². The van der Waals surface area contributed by atoms with Gasteiger partial charge in [0.25, 0.3) is 0 Å². The summed E-state index contributed by atoms with van der Waals surface area (Å²) in [5.74, 6) is -4.66. The van der Waals surface area contributed by atoms with Crippen LogP contribution in [0.3, 0.4) is 0 Å². The predicted molar refractivity (Wildman–Crippen MR) is 114 cm³/mol. The van der Waals surface area contributed by atoms with E-state index in [1.54, 1.807) is 0 Å². The van der Waals surface area contributed by atoms with Crippen LogP contribution in [0.25, 0.3) is 0 Å². The summed E-state index contributed by atoms with van der Waals surface area (Å²) < 4.78 is 50.6. The number of carbonyl (C=O) groups is 1. The molecule has 1 amide bonds. The van der Waals surface area contributed by atoms with Gasteiger partial charge < -0.3 is 25.4 Å². The molecule has 1 fully saturated rings. The monoisotopic (exact) mass is 530 g/mol. The van der Waals surface area contributed by atoms with Crippen molar-refractivity contribution >= 4 is 41.5 Å². The first-order chi connectivity index (χ1) is 13.5. The van der Waals surface area contributed by atoms with Gasteiger partial charge in [-0.1, -0.05) is 0 Å². The molecule has 1 aliphatic rings. The lowest BCUT2D eigenvalue weighted by atomic mass is 10.2. The standard InChI is InChI=1S/C18H25F3N4O3.HI/c1-22-18(23-7-3-8-27-11-12-4-2-9-28-12)24-10-15(26)25-14-6-5-13(19)16(20)17(14)21;/h5-6,12H,2-4,7-11H2,1H3,(H,25,26)(H2,22,23,24);1H. The summed E-state index contributed by atoms with van der Waals surface area (Å²) in [6.45, 7) is 2.31. The number of anilines is 1. The third kappa shape index (κ3) is 8.74. The fraction of sp³-hybridized carbons (Fsp3) is 0.556. The van der Waals surface area contributed by atoms with E-state index in [0.29, 0.717) is 25.7 Å². The van der Waals surface area contributed by atoms with Gasteiger partial charge in [0.1, 0.15) is 0 Å². The molecular weight excluding hydrogens is 504 g/mol. The number of benzene rings is 1. The zero-order valence-electron chi connectivity index (χ0n) is 16.1. The first kappa shape index (κ1) is 25.4. The lowest BCUT2D eigenvalue weighted by Gasteiger charge is -2.13. The van der Waals surface area contributed by atoms with E-state index in [1.807, 2.05) is 0 Å². The number of hydrogen-bond acceptors (Lipinski definition) is 4. The molecule has 2 rings (SSSR count). The van der Waals surface area contributed by atoms with Gasteiger partial charge in [0.05, 0.1) is 24.9 Å². The first-order valence-electron chi connectivity index (χ1n) is 9.08. The first-order valence-corrected chi connectivity index (χ1v) is 9.08. The molecule has 3 N–H and O–H groups in total. The Morgan fingerprint density at radius 3 is 2.76 bits per heavy atom. The van der Waals surface area contributed by atoms with Gasteiger partial charge >= 0.3 is 0 Å². The molecular formula is C18H26F3IN4O3. The highest BCUT2D eigenvalue weighted by Gasteiger charge is 2.16. The molecule has 1 aromatic rings. The van der Waals surface area contributed by atoms with Crippen LogP contribution >= 0.6 is 24.0 Å². The van der Waals surface area contributed by atoms with Crippen LogP contribution in [-0.4, -0.2) is 57.9 Å². The topological polar surface area (TPSA) is 84.0 Å². The summed E-state index contributed by atoms with van der Waals surface area (Å²) in [5.41, 5.74) is -0.433. The smallest absolute Gasteiger partial charge is 0.243 e. The maximum Gasteiger partial charge on any atom is 0.243 e. The third-order valence-electron chi connectivity index (χ3n) is 4.03. The second-order valence-corrected chi connectivity index (χ2v) is 6.19.